The molecule has 208 valence electrons. The topological polar surface area (TPSA) is 175 Å². The van der Waals surface area contributed by atoms with Gasteiger partial charge in [-0.15, -0.1) is 0 Å². The van der Waals surface area contributed by atoms with Gasteiger partial charge in [-0.2, -0.15) is 4.72 Å². The smallest absolute Gasteiger partial charge is 0.323 e. The fourth-order valence-electron chi connectivity index (χ4n) is 4.39. The molecule has 1 aliphatic rings. The Kier molecular flexibility index (Phi) is 9.50. The molecule has 2 atom stereocenters. The third kappa shape index (κ3) is 7.78. The maximum Gasteiger partial charge on any atom is 0.323 e. The second-order valence-corrected chi connectivity index (χ2v) is 11.3. The lowest BCUT2D eigenvalue weighted by molar-refractivity contribution is -0.139. The Morgan fingerprint density at radius 2 is 1.87 bits per heavy atom. The molecule has 2 aromatic rings. The van der Waals surface area contributed by atoms with Crippen LogP contribution in [0.5, 0.6) is 0 Å². The van der Waals surface area contributed by atoms with E-state index >= 15 is 0 Å². The van der Waals surface area contributed by atoms with Gasteiger partial charge in [-0.1, -0.05) is 22.9 Å². The van der Waals surface area contributed by atoms with Gasteiger partial charge in [0.15, 0.2) is 0 Å². The number of oxime groups is 1. The molecule has 0 fully saturated rings. The predicted molar refractivity (Wildman–Crippen MR) is 143 cm³/mol. The molecular weight excluding hydrogens is 512 g/mol. The zero-order valence-electron chi connectivity index (χ0n) is 22.3. The van der Waals surface area contributed by atoms with Crippen LogP contribution in [0.2, 0.25) is 0 Å². The molecule has 1 aliphatic heterocycles. The van der Waals surface area contributed by atoms with Crippen molar-refractivity contribution in [3.63, 3.8) is 0 Å². The molecule has 0 radical (unpaired) electrons. The molecule has 38 heavy (non-hydrogen) atoms. The van der Waals surface area contributed by atoms with Crippen LogP contribution in [-0.4, -0.2) is 66.3 Å². The van der Waals surface area contributed by atoms with Crippen molar-refractivity contribution in [1.29, 1.82) is 0 Å². The lowest BCUT2D eigenvalue weighted by atomic mass is 10.1. The van der Waals surface area contributed by atoms with Crippen molar-refractivity contribution in [2.24, 2.45) is 5.16 Å². The first kappa shape index (κ1) is 29.1. The zero-order chi connectivity index (χ0) is 28.0. The second-order valence-electron chi connectivity index (χ2n) is 9.66. The summed E-state index contributed by atoms with van der Waals surface area (Å²) in [4.78, 5) is 37.1. The summed E-state index contributed by atoms with van der Waals surface area (Å²) < 4.78 is 28.1. The van der Waals surface area contributed by atoms with Crippen LogP contribution in [0, 0.1) is 34.6 Å². The third-order valence-corrected chi connectivity index (χ3v) is 8.02. The molecule has 0 aliphatic carbocycles. The number of imidazole rings is 1. The molecule has 1 aromatic heterocycles. The highest BCUT2D eigenvalue weighted by atomic mass is 32.2. The lowest BCUT2D eigenvalue weighted by Crippen LogP contribution is -2.48. The van der Waals surface area contributed by atoms with E-state index in [4.69, 9.17) is 4.84 Å². The zero-order valence-corrected chi connectivity index (χ0v) is 23.2. The van der Waals surface area contributed by atoms with Gasteiger partial charge in [0.2, 0.25) is 21.9 Å². The van der Waals surface area contributed by atoms with Gasteiger partial charge in [-0.3, -0.25) is 9.59 Å². The highest BCUT2D eigenvalue weighted by Gasteiger charge is 2.29. The van der Waals surface area contributed by atoms with E-state index in [0.29, 0.717) is 30.5 Å². The molecule has 2 heterocycles. The molecule has 12 nitrogen and oxygen atoms in total. The van der Waals surface area contributed by atoms with Gasteiger partial charge in [0.05, 0.1) is 22.7 Å². The van der Waals surface area contributed by atoms with E-state index < -0.39 is 40.6 Å². The number of aryl methyl sites for hydroxylation is 5. The van der Waals surface area contributed by atoms with Crippen LogP contribution >= 0.6 is 0 Å². The highest BCUT2D eigenvalue weighted by Crippen LogP contribution is 2.22. The summed E-state index contributed by atoms with van der Waals surface area (Å²) in [5.41, 5.74) is 4.74. The number of hydrogen-bond donors (Lipinski definition) is 5. The van der Waals surface area contributed by atoms with Gasteiger partial charge in [-0.25, -0.2) is 13.4 Å². The molecule has 0 bridgehead atoms. The number of rotatable bonds is 13. The van der Waals surface area contributed by atoms with Crippen LogP contribution in [0.3, 0.4) is 0 Å². The summed E-state index contributed by atoms with van der Waals surface area (Å²) in [6, 6.07) is 1.90. The van der Waals surface area contributed by atoms with E-state index in [1.54, 1.807) is 26.0 Å². The molecular formula is C25H36N6O6S. The first-order valence-electron chi connectivity index (χ1n) is 12.4. The van der Waals surface area contributed by atoms with Crippen molar-refractivity contribution >= 4 is 33.6 Å². The molecule has 1 amide bonds. The number of carbonyl (C=O) groups excluding carboxylic acids is 1. The molecule has 0 saturated carbocycles. The Morgan fingerprint density at radius 1 is 1.18 bits per heavy atom. The molecule has 13 heteroatoms. The van der Waals surface area contributed by atoms with Crippen molar-refractivity contribution < 1.29 is 28.0 Å². The minimum absolute atomic E-state index is 0.0224. The van der Waals surface area contributed by atoms with Gasteiger partial charge in [-0.05, 0) is 58.6 Å². The van der Waals surface area contributed by atoms with Crippen molar-refractivity contribution in [2.45, 2.75) is 77.3 Å². The van der Waals surface area contributed by atoms with Crippen molar-refractivity contribution in [3.05, 3.63) is 40.2 Å². The van der Waals surface area contributed by atoms with Gasteiger partial charge in [0, 0.05) is 25.2 Å². The van der Waals surface area contributed by atoms with Crippen LogP contribution in [-0.2, 0) is 24.4 Å². The van der Waals surface area contributed by atoms with Crippen LogP contribution in [0.4, 0.5) is 5.95 Å². The number of nitrogens with one attached hydrogen (secondary N) is 4. The Balaban J connectivity index is 1.43. The fourth-order valence-corrected chi connectivity index (χ4v) is 6.03. The van der Waals surface area contributed by atoms with Gasteiger partial charge < -0.3 is 25.6 Å². The molecule has 3 rings (SSSR count). The Morgan fingerprint density at radius 3 is 2.47 bits per heavy atom. The number of amides is 1. The molecule has 0 saturated heterocycles. The quantitative estimate of drug-likeness (QED) is 0.237. The monoisotopic (exact) mass is 548 g/mol. The van der Waals surface area contributed by atoms with E-state index in [-0.39, 0.29) is 11.3 Å². The predicted octanol–water partition coefficient (Wildman–Crippen LogP) is 2.23. The third-order valence-electron chi connectivity index (χ3n) is 6.24. The Labute approximate surface area is 222 Å². The number of aromatic nitrogens is 2. The Hall–Kier alpha value is -3.45. The molecule has 5 N–H and O–H groups in total. The van der Waals surface area contributed by atoms with Crippen LogP contribution < -0.4 is 15.4 Å². The fraction of sp³-hybridized carbons (Fsp3) is 0.520. The van der Waals surface area contributed by atoms with E-state index in [2.05, 4.69) is 30.5 Å². The first-order chi connectivity index (χ1) is 17.9. The number of benzene rings is 1. The maximum atomic E-state index is 12.9. The number of carboxylic acids is 1. The van der Waals surface area contributed by atoms with Gasteiger partial charge >= 0.3 is 5.97 Å². The summed E-state index contributed by atoms with van der Waals surface area (Å²) in [6.07, 6.45) is 1.52. The number of aromatic amines is 1. The van der Waals surface area contributed by atoms with Crippen molar-refractivity contribution in [3.8, 4) is 0 Å². The number of carboxylic acid groups (broad SMARTS) is 1. The van der Waals surface area contributed by atoms with E-state index in [1.807, 2.05) is 20.8 Å². The highest BCUT2D eigenvalue weighted by molar-refractivity contribution is 7.89. The number of aliphatic carboxylic acids is 1. The molecule has 1 aromatic carbocycles. The summed E-state index contributed by atoms with van der Waals surface area (Å²) in [5, 5.41) is 19.3. The van der Waals surface area contributed by atoms with Gasteiger partial charge in [0.1, 0.15) is 12.1 Å². The lowest BCUT2D eigenvalue weighted by Gasteiger charge is -2.18. The first-order valence-corrected chi connectivity index (χ1v) is 13.9. The summed E-state index contributed by atoms with van der Waals surface area (Å²) in [6.45, 7) is 9.35. The largest absolute Gasteiger partial charge is 0.480 e. The Bertz CT molecular complexity index is 1280. The van der Waals surface area contributed by atoms with Crippen LogP contribution in [0.15, 0.2) is 22.2 Å². The normalized spacial score (nSPS) is 16.0. The van der Waals surface area contributed by atoms with Crippen molar-refractivity contribution in [2.75, 3.05) is 18.4 Å². The SMILES string of the molecule is Cc1cc(C)c(S(=O)(=O)NC(CNC(=O)CC2CC(CCCNc3nc(C)c(C)[nH]3)=NO2)C(=O)O)c(C)c1. The summed E-state index contributed by atoms with van der Waals surface area (Å²) in [5.74, 6) is -1.12. The number of sulfonamides is 1. The van der Waals surface area contributed by atoms with Crippen molar-refractivity contribution in [1.82, 2.24) is 20.0 Å². The number of hydrogen-bond acceptors (Lipinski definition) is 8. The van der Waals surface area contributed by atoms with Crippen LogP contribution in [0.25, 0.3) is 0 Å². The van der Waals surface area contributed by atoms with Gasteiger partial charge in [0.25, 0.3) is 0 Å². The summed E-state index contributed by atoms with van der Waals surface area (Å²) in [7, 11) is -4.13. The second kappa shape index (κ2) is 12.4. The van der Waals surface area contributed by atoms with E-state index in [9.17, 15) is 23.1 Å². The average molecular weight is 549 g/mol. The number of carbonyl (C=O) groups is 2. The van der Waals surface area contributed by atoms with E-state index in [1.165, 1.54) is 0 Å². The van der Waals surface area contributed by atoms with E-state index in [0.717, 1.165) is 35.0 Å². The average Bonchev–Trinajstić information content (AvgIpc) is 3.38. The minimum atomic E-state index is -4.13. The number of anilines is 1. The molecule has 2 unspecified atom stereocenters. The summed E-state index contributed by atoms with van der Waals surface area (Å²) >= 11 is 0. The number of nitrogens with zero attached hydrogens (tertiary/aromatic N) is 2. The maximum absolute atomic E-state index is 12.9. The van der Waals surface area contributed by atoms with Crippen LogP contribution in [0.1, 0.15) is 53.8 Å². The number of H-pyrrole nitrogens is 1. The minimum Gasteiger partial charge on any atom is -0.480 e. The molecule has 0 spiro atoms. The standard InChI is InChI=1S/C25H36N6O6S/c1-14-9-15(2)23(16(3)10-14)38(35,36)31-21(24(33)34)13-27-22(32)12-20-11-19(30-37-20)7-6-8-26-25-28-17(4)18(5)29-25/h9-10,20-21,31H,6-8,11-13H2,1-5H3,(H,27,32)(H,33,34)(H2,26,28,29).